The Bertz CT molecular complexity index is 909. The number of amides is 1. The van der Waals surface area contributed by atoms with Gasteiger partial charge in [0.25, 0.3) is 0 Å². The first-order valence-electron chi connectivity index (χ1n) is 7.82. The number of anilines is 1. The number of pyridine rings is 2. The average molecular weight is 306 g/mol. The highest BCUT2D eigenvalue weighted by Crippen LogP contribution is 2.31. The zero-order valence-corrected chi connectivity index (χ0v) is 13.2. The van der Waals surface area contributed by atoms with Crippen LogP contribution in [0.4, 0.5) is 5.82 Å². The van der Waals surface area contributed by atoms with Crippen molar-refractivity contribution in [2.75, 3.05) is 5.32 Å². The monoisotopic (exact) mass is 306 g/mol. The van der Waals surface area contributed by atoms with E-state index in [0.717, 1.165) is 40.8 Å². The van der Waals surface area contributed by atoms with Crippen LogP contribution in [0, 0.1) is 12.8 Å². The summed E-state index contributed by atoms with van der Waals surface area (Å²) in [5.74, 6) is 0.860. The first-order chi connectivity index (χ1) is 11.1. The second-order valence-electron chi connectivity index (χ2n) is 6.14. The molecule has 3 aromatic heterocycles. The Morgan fingerprint density at radius 3 is 2.87 bits per heavy atom. The fraction of sp³-hybridized carbons (Fsp3) is 0.278. The number of rotatable bonds is 3. The molecule has 0 unspecified atom stereocenters. The van der Waals surface area contributed by atoms with Gasteiger partial charge in [-0.3, -0.25) is 9.78 Å². The van der Waals surface area contributed by atoms with Crippen molar-refractivity contribution >= 4 is 22.6 Å². The molecule has 0 atom stereocenters. The largest absolute Gasteiger partial charge is 0.342 e. The maximum absolute atomic E-state index is 11.9. The van der Waals surface area contributed by atoms with Gasteiger partial charge in [-0.15, -0.1) is 0 Å². The van der Waals surface area contributed by atoms with Crippen molar-refractivity contribution in [3.63, 3.8) is 0 Å². The first-order valence-corrected chi connectivity index (χ1v) is 7.82. The molecule has 1 aliphatic rings. The van der Waals surface area contributed by atoms with Crippen LogP contribution >= 0.6 is 0 Å². The van der Waals surface area contributed by atoms with Gasteiger partial charge in [0.1, 0.15) is 5.82 Å². The summed E-state index contributed by atoms with van der Waals surface area (Å²) in [4.78, 5) is 20.8. The summed E-state index contributed by atoms with van der Waals surface area (Å²) in [5, 5.41) is 3.94. The molecule has 0 radical (unpaired) electrons. The van der Waals surface area contributed by atoms with E-state index in [2.05, 4.69) is 25.9 Å². The lowest BCUT2D eigenvalue weighted by Crippen LogP contribution is -2.14. The van der Waals surface area contributed by atoms with E-state index in [1.165, 1.54) is 0 Å². The van der Waals surface area contributed by atoms with E-state index < -0.39 is 0 Å². The molecule has 0 bridgehead atoms. The van der Waals surface area contributed by atoms with Crippen molar-refractivity contribution in [3.8, 4) is 11.4 Å². The lowest BCUT2D eigenvalue weighted by Gasteiger charge is -2.06. The van der Waals surface area contributed by atoms with E-state index in [9.17, 15) is 4.79 Å². The molecule has 1 amide bonds. The molecule has 5 heteroatoms. The van der Waals surface area contributed by atoms with Crippen LogP contribution in [0.25, 0.3) is 22.3 Å². The van der Waals surface area contributed by atoms with Gasteiger partial charge in [-0.2, -0.15) is 0 Å². The van der Waals surface area contributed by atoms with Gasteiger partial charge in [-0.05, 0) is 38.0 Å². The van der Waals surface area contributed by atoms with Crippen molar-refractivity contribution in [3.05, 3.63) is 42.2 Å². The molecular formula is C18H18N4O. The zero-order valence-electron chi connectivity index (χ0n) is 13.2. The Labute approximate surface area is 134 Å². The highest BCUT2D eigenvalue weighted by atomic mass is 16.2. The molecule has 1 N–H and O–H groups in total. The summed E-state index contributed by atoms with van der Waals surface area (Å²) >= 11 is 0. The highest BCUT2D eigenvalue weighted by Gasteiger charge is 2.29. The molecule has 0 aromatic carbocycles. The predicted molar refractivity (Wildman–Crippen MR) is 90.0 cm³/mol. The Morgan fingerprint density at radius 2 is 2.13 bits per heavy atom. The van der Waals surface area contributed by atoms with Gasteiger partial charge in [0.05, 0.1) is 16.9 Å². The summed E-state index contributed by atoms with van der Waals surface area (Å²) < 4.78 is 2.09. The molecule has 3 aromatic rings. The van der Waals surface area contributed by atoms with Gasteiger partial charge < -0.3 is 9.88 Å². The van der Waals surface area contributed by atoms with Gasteiger partial charge in [-0.25, -0.2) is 4.98 Å². The van der Waals surface area contributed by atoms with Crippen molar-refractivity contribution < 1.29 is 4.79 Å². The molecular weight excluding hydrogens is 288 g/mol. The molecule has 0 spiro atoms. The lowest BCUT2D eigenvalue weighted by atomic mass is 10.2. The molecule has 3 heterocycles. The molecule has 5 nitrogen and oxygen atoms in total. The van der Waals surface area contributed by atoms with Crippen LogP contribution in [0.15, 0.2) is 36.5 Å². The fourth-order valence-corrected chi connectivity index (χ4v) is 2.80. The SMILES string of the molecule is Cc1cccc(-c2cc3cnc(NC(=O)C4CC4)cc3n2C)n1. The number of aromatic nitrogens is 3. The Morgan fingerprint density at radius 1 is 1.30 bits per heavy atom. The minimum atomic E-state index is 0.0756. The normalized spacial score (nSPS) is 14.2. The maximum atomic E-state index is 11.9. The third-order valence-corrected chi connectivity index (χ3v) is 4.28. The smallest absolute Gasteiger partial charge is 0.228 e. The quantitative estimate of drug-likeness (QED) is 0.807. The predicted octanol–water partition coefficient (Wildman–Crippen LogP) is 3.29. The van der Waals surface area contributed by atoms with Gasteiger partial charge in [0.2, 0.25) is 5.91 Å². The van der Waals surface area contributed by atoms with Gasteiger partial charge in [0.15, 0.2) is 0 Å². The number of nitrogens with one attached hydrogen (secondary N) is 1. The summed E-state index contributed by atoms with van der Waals surface area (Å²) in [7, 11) is 2.01. The minimum Gasteiger partial charge on any atom is -0.342 e. The molecule has 1 fully saturated rings. The minimum absolute atomic E-state index is 0.0756. The Balaban J connectivity index is 1.74. The van der Waals surface area contributed by atoms with Crippen molar-refractivity contribution in [2.24, 2.45) is 13.0 Å². The van der Waals surface area contributed by atoms with Gasteiger partial charge in [-0.1, -0.05) is 6.07 Å². The lowest BCUT2D eigenvalue weighted by molar-refractivity contribution is -0.117. The number of aryl methyl sites for hydroxylation is 2. The average Bonchev–Trinajstić information content (AvgIpc) is 3.33. The van der Waals surface area contributed by atoms with Crippen LogP contribution in [-0.4, -0.2) is 20.4 Å². The second kappa shape index (κ2) is 5.19. The van der Waals surface area contributed by atoms with Crippen LogP contribution in [0.3, 0.4) is 0 Å². The number of hydrogen-bond donors (Lipinski definition) is 1. The van der Waals surface area contributed by atoms with Crippen LogP contribution < -0.4 is 5.32 Å². The summed E-state index contributed by atoms with van der Waals surface area (Å²) in [6.45, 7) is 1.99. The van der Waals surface area contributed by atoms with Gasteiger partial charge in [0, 0.05) is 36.3 Å². The number of carbonyl (C=O) groups is 1. The Hall–Kier alpha value is -2.69. The van der Waals surface area contributed by atoms with Crippen LogP contribution in [0.1, 0.15) is 18.5 Å². The van der Waals surface area contributed by atoms with Crippen LogP contribution in [-0.2, 0) is 11.8 Å². The van der Waals surface area contributed by atoms with Crippen molar-refractivity contribution in [1.82, 2.24) is 14.5 Å². The van der Waals surface area contributed by atoms with Crippen LogP contribution in [0.5, 0.6) is 0 Å². The third kappa shape index (κ3) is 2.59. The fourth-order valence-electron chi connectivity index (χ4n) is 2.80. The summed E-state index contributed by atoms with van der Waals surface area (Å²) in [6, 6.07) is 10.0. The molecule has 4 rings (SSSR count). The van der Waals surface area contributed by atoms with E-state index >= 15 is 0 Å². The van der Waals surface area contributed by atoms with E-state index in [4.69, 9.17) is 0 Å². The molecule has 1 aliphatic carbocycles. The number of carbonyl (C=O) groups excluding carboxylic acids is 1. The standard InChI is InChI=1S/C18H18N4O/c1-11-4-3-5-14(20-11)16-8-13-10-19-17(9-15(13)22(16)2)21-18(23)12-6-7-12/h3-5,8-10,12H,6-7H2,1-2H3,(H,19,21,23). The van der Waals surface area contributed by atoms with E-state index in [0.29, 0.717) is 5.82 Å². The maximum Gasteiger partial charge on any atom is 0.228 e. The summed E-state index contributed by atoms with van der Waals surface area (Å²) in [6.07, 6.45) is 3.78. The third-order valence-electron chi connectivity index (χ3n) is 4.28. The molecule has 0 saturated heterocycles. The number of nitrogens with zero attached hydrogens (tertiary/aromatic N) is 3. The Kier molecular flexibility index (Phi) is 3.15. The second-order valence-corrected chi connectivity index (χ2v) is 6.14. The zero-order chi connectivity index (χ0) is 16.0. The topological polar surface area (TPSA) is 59.8 Å². The molecule has 116 valence electrons. The van der Waals surface area contributed by atoms with E-state index in [1.54, 1.807) is 6.20 Å². The molecule has 23 heavy (non-hydrogen) atoms. The van der Waals surface area contributed by atoms with E-state index in [1.807, 2.05) is 38.2 Å². The number of fused-ring (bicyclic) bond motifs is 1. The number of hydrogen-bond acceptors (Lipinski definition) is 3. The van der Waals surface area contributed by atoms with Crippen molar-refractivity contribution in [1.29, 1.82) is 0 Å². The van der Waals surface area contributed by atoms with Crippen LogP contribution in [0.2, 0.25) is 0 Å². The highest BCUT2D eigenvalue weighted by molar-refractivity contribution is 5.95. The van der Waals surface area contributed by atoms with E-state index in [-0.39, 0.29) is 11.8 Å². The van der Waals surface area contributed by atoms with Crippen molar-refractivity contribution in [2.45, 2.75) is 19.8 Å². The first kappa shape index (κ1) is 13.9. The molecule has 1 saturated carbocycles. The summed E-state index contributed by atoms with van der Waals surface area (Å²) in [5.41, 5.74) is 4.00. The van der Waals surface area contributed by atoms with Gasteiger partial charge >= 0.3 is 0 Å². The molecule has 0 aliphatic heterocycles.